The van der Waals surface area contributed by atoms with Crippen molar-refractivity contribution >= 4 is 11.4 Å². The van der Waals surface area contributed by atoms with Crippen LogP contribution in [0.1, 0.15) is 5.69 Å². The molecule has 0 saturated carbocycles. The number of aromatic nitrogens is 2. The van der Waals surface area contributed by atoms with Crippen LogP contribution in [0.3, 0.4) is 0 Å². The molecule has 1 saturated heterocycles. The summed E-state index contributed by atoms with van der Waals surface area (Å²) in [4.78, 5) is 2.42. The molecule has 0 amide bonds. The minimum absolute atomic E-state index is 0.715. The van der Waals surface area contributed by atoms with E-state index in [2.05, 4.69) is 63.1 Å². The highest BCUT2D eigenvalue weighted by Crippen LogP contribution is 2.19. The van der Waals surface area contributed by atoms with E-state index in [9.17, 15) is 0 Å². The van der Waals surface area contributed by atoms with Gasteiger partial charge in [0.2, 0.25) is 0 Å². The normalized spacial score (nSPS) is 14.5. The lowest BCUT2D eigenvalue weighted by atomic mass is 10.2. The summed E-state index contributed by atoms with van der Waals surface area (Å²) in [5.41, 5.74) is 4.51. The first-order valence-corrected chi connectivity index (χ1v) is 8.78. The van der Waals surface area contributed by atoms with Gasteiger partial charge < -0.3 is 15.5 Å². The zero-order chi connectivity index (χ0) is 16.9. The molecule has 4 rings (SSSR count). The molecule has 5 heteroatoms. The molecule has 0 bridgehead atoms. The molecule has 1 aliphatic rings. The molecule has 25 heavy (non-hydrogen) atoms. The van der Waals surface area contributed by atoms with Gasteiger partial charge in [0.25, 0.3) is 0 Å². The Balaban J connectivity index is 1.36. The minimum atomic E-state index is 0.715. The molecule has 5 nitrogen and oxygen atoms in total. The summed E-state index contributed by atoms with van der Waals surface area (Å²) in [5.74, 6) is 0. The summed E-state index contributed by atoms with van der Waals surface area (Å²) in [5, 5.41) is 11.5. The van der Waals surface area contributed by atoms with E-state index >= 15 is 0 Å². The van der Waals surface area contributed by atoms with Gasteiger partial charge in [-0.15, -0.1) is 0 Å². The topological polar surface area (TPSA) is 45.1 Å². The van der Waals surface area contributed by atoms with E-state index in [4.69, 9.17) is 0 Å². The lowest BCUT2D eigenvalue weighted by Crippen LogP contribution is -2.43. The zero-order valence-corrected chi connectivity index (χ0v) is 14.2. The smallest absolute Gasteiger partial charge is 0.0819 e. The molecule has 0 atom stereocenters. The number of nitrogens with zero attached hydrogens (tertiary/aromatic N) is 3. The van der Waals surface area contributed by atoms with Gasteiger partial charge in [-0.2, -0.15) is 5.10 Å². The van der Waals surface area contributed by atoms with Crippen LogP contribution in [0.2, 0.25) is 0 Å². The third-order valence-corrected chi connectivity index (χ3v) is 4.49. The molecule has 2 aromatic carbocycles. The van der Waals surface area contributed by atoms with Crippen LogP contribution in [0, 0.1) is 0 Å². The Morgan fingerprint density at radius 1 is 0.880 bits per heavy atom. The zero-order valence-electron chi connectivity index (χ0n) is 14.2. The van der Waals surface area contributed by atoms with Crippen molar-refractivity contribution in [2.24, 2.45) is 0 Å². The molecule has 2 heterocycles. The molecule has 1 aromatic heterocycles. The number of piperazine rings is 1. The van der Waals surface area contributed by atoms with E-state index < -0.39 is 0 Å². The van der Waals surface area contributed by atoms with Crippen LogP contribution in [0.4, 0.5) is 11.4 Å². The second kappa shape index (κ2) is 7.40. The fraction of sp³-hybridized carbons (Fsp3) is 0.250. The SMILES string of the molecule is c1ccc(-n2ccc(CNc3ccc(N4CCNCC4)cc3)n2)cc1. The van der Waals surface area contributed by atoms with Crippen molar-refractivity contribution in [1.82, 2.24) is 15.1 Å². The van der Waals surface area contributed by atoms with Crippen molar-refractivity contribution < 1.29 is 0 Å². The summed E-state index contributed by atoms with van der Waals surface area (Å²) < 4.78 is 1.91. The molecule has 0 aliphatic carbocycles. The Bertz CT molecular complexity index is 788. The van der Waals surface area contributed by atoms with Crippen molar-refractivity contribution in [2.75, 3.05) is 36.4 Å². The second-order valence-corrected chi connectivity index (χ2v) is 6.22. The lowest BCUT2D eigenvalue weighted by Gasteiger charge is -2.29. The minimum Gasteiger partial charge on any atom is -0.379 e. The molecule has 2 N–H and O–H groups in total. The fourth-order valence-corrected chi connectivity index (χ4v) is 3.09. The summed E-state index contributed by atoms with van der Waals surface area (Å²) >= 11 is 0. The van der Waals surface area contributed by atoms with Gasteiger partial charge in [-0.3, -0.25) is 0 Å². The second-order valence-electron chi connectivity index (χ2n) is 6.22. The Kier molecular flexibility index (Phi) is 4.65. The number of rotatable bonds is 5. The summed E-state index contributed by atoms with van der Waals surface area (Å²) in [7, 11) is 0. The van der Waals surface area contributed by atoms with E-state index in [1.165, 1.54) is 5.69 Å². The monoisotopic (exact) mass is 333 g/mol. The molecular weight excluding hydrogens is 310 g/mol. The first-order chi connectivity index (χ1) is 12.4. The van der Waals surface area contributed by atoms with Gasteiger partial charge in [0.05, 0.1) is 17.9 Å². The van der Waals surface area contributed by atoms with Crippen LogP contribution in [0.25, 0.3) is 5.69 Å². The van der Waals surface area contributed by atoms with Gasteiger partial charge in [0, 0.05) is 43.8 Å². The van der Waals surface area contributed by atoms with Crippen molar-refractivity contribution in [1.29, 1.82) is 0 Å². The quantitative estimate of drug-likeness (QED) is 0.754. The van der Waals surface area contributed by atoms with E-state index in [-0.39, 0.29) is 0 Å². The van der Waals surface area contributed by atoms with Crippen LogP contribution in [0.15, 0.2) is 66.9 Å². The summed E-state index contributed by atoms with van der Waals surface area (Å²) in [6.07, 6.45) is 2.00. The van der Waals surface area contributed by atoms with Crippen molar-refractivity contribution in [3.8, 4) is 5.69 Å². The van der Waals surface area contributed by atoms with Gasteiger partial charge in [0.1, 0.15) is 0 Å². The first-order valence-electron chi connectivity index (χ1n) is 8.78. The number of nitrogens with one attached hydrogen (secondary N) is 2. The van der Waals surface area contributed by atoms with Crippen molar-refractivity contribution in [2.45, 2.75) is 6.54 Å². The Morgan fingerprint density at radius 3 is 2.40 bits per heavy atom. The molecule has 1 fully saturated rings. The third-order valence-electron chi connectivity index (χ3n) is 4.49. The van der Waals surface area contributed by atoms with E-state index in [0.717, 1.165) is 43.2 Å². The van der Waals surface area contributed by atoms with E-state index in [1.807, 2.05) is 29.1 Å². The summed E-state index contributed by atoms with van der Waals surface area (Å²) in [6.45, 7) is 4.98. The van der Waals surface area contributed by atoms with Crippen LogP contribution in [-0.2, 0) is 6.54 Å². The van der Waals surface area contributed by atoms with E-state index in [1.54, 1.807) is 0 Å². The molecule has 3 aromatic rings. The van der Waals surface area contributed by atoms with Crippen molar-refractivity contribution in [3.63, 3.8) is 0 Å². The molecular formula is C20H23N5. The Labute approximate surface area is 148 Å². The van der Waals surface area contributed by atoms with Gasteiger partial charge >= 0.3 is 0 Å². The highest BCUT2D eigenvalue weighted by molar-refractivity contribution is 5.55. The maximum Gasteiger partial charge on any atom is 0.0819 e. The van der Waals surface area contributed by atoms with Gasteiger partial charge in [0.15, 0.2) is 0 Å². The first kappa shape index (κ1) is 15.7. The number of hydrogen-bond acceptors (Lipinski definition) is 4. The average Bonchev–Trinajstić information content (AvgIpc) is 3.17. The van der Waals surface area contributed by atoms with Crippen molar-refractivity contribution in [3.05, 3.63) is 72.6 Å². The number of benzene rings is 2. The van der Waals surface area contributed by atoms with Gasteiger partial charge in [-0.1, -0.05) is 18.2 Å². The number of anilines is 2. The average molecular weight is 333 g/mol. The van der Waals surface area contributed by atoms with Crippen LogP contribution >= 0.6 is 0 Å². The maximum absolute atomic E-state index is 4.63. The molecule has 0 spiro atoms. The largest absolute Gasteiger partial charge is 0.379 e. The molecule has 0 radical (unpaired) electrons. The lowest BCUT2D eigenvalue weighted by molar-refractivity contribution is 0.589. The fourth-order valence-electron chi connectivity index (χ4n) is 3.09. The third kappa shape index (κ3) is 3.83. The van der Waals surface area contributed by atoms with E-state index in [0.29, 0.717) is 6.54 Å². The van der Waals surface area contributed by atoms with Crippen LogP contribution in [0.5, 0.6) is 0 Å². The van der Waals surface area contributed by atoms with Crippen LogP contribution < -0.4 is 15.5 Å². The maximum atomic E-state index is 4.63. The molecule has 128 valence electrons. The van der Waals surface area contributed by atoms with Gasteiger partial charge in [-0.05, 0) is 42.5 Å². The summed E-state index contributed by atoms with van der Waals surface area (Å²) in [6, 6.07) is 20.9. The number of hydrogen-bond donors (Lipinski definition) is 2. The Morgan fingerprint density at radius 2 is 1.64 bits per heavy atom. The molecule has 1 aliphatic heterocycles. The highest BCUT2D eigenvalue weighted by atomic mass is 15.3. The highest BCUT2D eigenvalue weighted by Gasteiger charge is 2.09. The molecule has 0 unspecified atom stereocenters. The Hall–Kier alpha value is -2.79. The predicted octanol–water partition coefficient (Wildman–Crippen LogP) is 2.89. The standard InChI is InChI=1S/C20H23N5/c1-2-4-20(5-3-1)25-13-10-18(23-25)16-22-17-6-8-19(9-7-17)24-14-11-21-12-15-24/h1-10,13,21-22H,11-12,14-16H2. The van der Waals surface area contributed by atoms with Crippen LogP contribution in [-0.4, -0.2) is 36.0 Å². The predicted molar refractivity (Wildman–Crippen MR) is 102 cm³/mol. The van der Waals surface area contributed by atoms with Gasteiger partial charge in [-0.25, -0.2) is 4.68 Å². The number of para-hydroxylation sites is 1.